The Morgan fingerprint density at radius 1 is 0.789 bits per heavy atom. The van der Waals surface area contributed by atoms with Gasteiger partial charge in [0.15, 0.2) is 0 Å². The second kappa shape index (κ2) is 9.39. The summed E-state index contributed by atoms with van der Waals surface area (Å²) in [6.45, 7) is 14.2. The first-order valence-corrected chi connectivity index (χ1v) is 8.90. The molecule has 0 aliphatic heterocycles. The van der Waals surface area contributed by atoms with E-state index < -0.39 is 11.9 Å². The molecule has 0 fully saturated rings. The average molecular weight is 377 g/mol. The van der Waals surface area contributed by atoms with Crippen LogP contribution in [0.1, 0.15) is 41.5 Å². The van der Waals surface area contributed by atoms with Crippen LogP contribution in [0, 0.1) is 0 Å². The summed E-state index contributed by atoms with van der Waals surface area (Å²) in [5.41, 5.74) is 0. The van der Waals surface area contributed by atoms with E-state index in [1.807, 2.05) is 0 Å². The Balaban J connectivity index is 0. The summed E-state index contributed by atoms with van der Waals surface area (Å²) in [7, 11) is 2.45. The number of rotatable bonds is 2. The molecule has 2 radical (unpaired) electrons. The molecule has 0 aliphatic carbocycles. The Hall–Kier alpha value is -0.521. The Morgan fingerprint density at radius 2 is 1.05 bits per heavy atom. The van der Waals surface area contributed by atoms with Crippen LogP contribution >= 0.6 is 0 Å². The molecule has 5 heteroatoms. The first-order valence-electron chi connectivity index (χ1n) is 6.04. The van der Waals surface area contributed by atoms with E-state index >= 15 is 0 Å². The van der Waals surface area contributed by atoms with Gasteiger partial charge in [-0.2, -0.15) is 0 Å². The van der Waals surface area contributed by atoms with Gasteiger partial charge in [0.05, 0.1) is 14.2 Å². The van der Waals surface area contributed by atoms with Gasteiger partial charge in [-0.1, -0.05) is 0 Å². The fourth-order valence-corrected chi connectivity index (χ4v) is 7.82. The van der Waals surface area contributed by atoms with Gasteiger partial charge in [0, 0.05) is 12.2 Å². The number of hydrogen-bond donors (Lipinski definition) is 0. The third kappa shape index (κ3) is 20.0. The number of carbonyl (C=O) groups excluding carboxylic acids is 2. The van der Waals surface area contributed by atoms with Crippen LogP contribution in [0.3, 0.4) is 0 Å². The standard InChI is InChI=1S/C6H8O4.2C4H9.Sn/c1-9-5(7)3-4-6(8)10-2;2*1-4(2)3;/h3-4H,1-2H3;2*1-3H3;/b4-3-;;;. The maximum absolute atomic E-state index is 10.3. The Morgan fingerprint density at radius 3 is 1.16 bits per heavy atom. The van der Waals surface area contributed by atoms with E-state index in [0.717, 1.165) is 12.2 Å². The molecule has 0 unspecified atom stereocenters. The van der Waals surface area contributed by atoms with Crippen LogP contribution in [-0.4, -0.2) is 47.3 Å². The van der Waals surface area contributed by atoms with Crippen molar-refractivity contribution >= 4 is 33.1 Å². The van der Waals surface area contributed by atoms with Crippen LogP contribution in [0.15, 0.2) is 12.2 Å². The van der Waals surface area contributed by atoms with Gasteiger partial charge in [0.1, 0.15) is 0 Å². The molecule has 0 spiro atoms. The predicted molar refractivity (Wildman–Crippen MR) is 78.4 cm³/mol. The van der Waals surface area contributed by atoms with E-state index in [0.29, 0.717) is 6.86 Å². The van der Waals surface area contributed by atoms with E-state index in [4.69, 9.17) is 0 Å². The van der Waals surface area contributed by atoms with Gasteiger partial charge in [-0.3, -0.25) is 0 Å². The van der Waals surface area contributed by atoms with Crippen LogP contribution in [0.4, 0.5) is 0 Å². The van der Waals surface area contributed by atoms with Crippen LogP contribution < -0.4 is 0 Å². The average Bonchev–Trinajstić information content (AvgIpc) is 2.20. The Bertz CT molecular complexity index is 278. The molecule has 0 aromatic carbocycles. The molecule has 0 saturated carbocycles. The third-order valence-electron chi connectivity index (χ3n) is 1.51. The molecule has 0 rings (SSSR count). The molecule has 0 amide bonds. The van der Waals surface area contributed by atoms with Gasteiger partial charge in [0.2, 0.25) is 0 Å². The van der Waals surface area contributed by atoms with Gasteiger partial charge in [-0.25, -0.2) is 9.59 Å². The second-order valence-corrected chi connectivity index (χ2v) is 15.3. The minimum absolute atomic E-state index is 0.182. The molecule has 19 heavy (non-hydrogen) atoms. The van der Waals surface area contributed by atoms with E-state index in [9.17, 15) is 9.59 Å². The van der Waals surface area contributed by atoms with Crippen LogP contribution in [-0.2, 0) is 19.1 Å². The molecule has 0 heterocycles. The topological polar surface area (TPSA) is 52.6 Å². The zero-order chi connectivity index (χ0) is 15.7. The van der Waals surface area contributed by atoms with Gasteiger partial charge >= 0.3 is 81.5 Å². The summed E-state index contributed by atoms with van der Waals surface area (Å²) >= 11 is -0.182. The molecule has 0 N–H and O–H groups in total. The predicted octanol–water partition coefficient (Wildman–Crippen LogP) is 3.02. The molecule has 110 valence electrons. The number of esters is 2. The molecule has 0 atom stereocenters. The van der Waals surface area contributed by atoms with Gasteiger partial charge in [-0.15, -0.1) is 0 Å². The molecule has 0 aromatic heterocycles. The number of hydrogen-bond acceptors (Lipinski definition) is 4. The Labute approximate surface area is 127 Å². The first-order chi connectivity index (χ1) is 8.41. The van der Waals surface area contributed by atoms with Crippen molar-refractivity contribution in [1.82, 2.24) is 0 Å². The molecule has 4 nitrogen and oxygen atoms in total. The van der Waals surface area contributed by atoms with Crippen molar-refractivity contribution in [3.8, 4) is 0 Å². The maximum atomic E-state index is 10.3. The van der Waals surface area contributed by atoms with E-state index in [1.54, 1.807) is 0 Å². The summed E-state index contributed by atoms with van der Waals surface area (Å²) in [4.78, 5) is 20.6. The van der Waals surface area contributed by atoms with E-state index in [2.05, 4.69) is 51.0 Å². The Kier molecular flexibility index (Phi) is 10.3. The van der Waals surface area contributed by atoms with Crippen LogP contribution in [0.5, 0.6) is 0 Å². The molecular formula is C14H26O4Sn. The third-order valence-corrected chi connectivity index (χ3v) is 5.79. The minimum atomic E-state index is -0.578. The monoisotopic (exact) mass is 378 g/mol. The summed E-state index contributed by atoms with van der Waals surface area (Å²) in [6.07, 6.45) is 1.98. The van der Waals surface area contributed by atoms with Crippen LogP contribution in [0.25, 0.3) is 0 Å². The normalized spacial score (nSPS) is 11.6. The fraction of sp³-hybridized carbons (Fsp3) is 0.714. The summed E-state index contributed by atoms with van der Waals surface area (Å²) in [5, 5.41) is 0. The van der Waals surface area contributed by atoms with Crippen LogP contribution in [0.2, 0.25) is 6.86 Å². The van der Waals surface area contributed by atoms with Gasteiger partial charge in [0.25, 0.3) is 0 Å². The van der Waals surface area contributed by atoms with Gasteiger partial charge < -0.3 is 9.47 Å². The van der Waals surface area contributed by atoms with Crippen molar-refractivity contribution in [3.63, 3.8) is 0 Å². The zero-order valence-corrected chi connectivity index (χ0v) is 16.1. The molecule has 0 aromatic rings. The van der Waals surface area contributed by atoms with E-state index in [1.165, 1.54) is 14.2 Å². The number of carbonyl (C=O) groups is 2. The van der Waals surface area contributed by atoms with Crippen molar-refractivity contribution in [2.24, 2.45) is 0 Å². The molecule has 0 aliphatic rings. The molecule has 0 bridgehead atoms. The number of methoxy groups -OCH3 is 2. The quantitative estimate of drug-likeness (QED) is 0.422. The summed E-state index contributed by atoms with van der Waals surface area (Å²) in [5.74, 6) is -1.16. The van der Waals surface area contributed by atoms with Crippen molar-refractivity contribution in [1.29, 1.82) is 0 Å². The molecular weight excluding hydrogens is 351 g/mol. The summed E-state index contributed by atoms with van der Waals surface area (Å²) < 4.78 is 9.73. The first kappa shape index (κ1) is 20.8. The molecule has 0 saturated heterocycles. The zero-order valence-electron chi connectivity index (χ0n) is 13.3. The van der Waals surface area contributed by atoms with Crippen molar-refractivity contribution in [2.75, 3.05) is 14.2 Å². The number of ether oxygens (including phenoxy) is 2. The second-order valence-electron chi connectivity index (χ2n) is 6.00. The van der Waals surface area contributed by atoms with Crippen molar-refractivity contribution in [3.05, 3.63) is 12.2 Å². The van der Waals surface area contributed by atoms with Gasteiger partial charge in [-0.05, 0) is 0 Å². The van der Waals surface area contributed by atoms with Crippen molar-refractivity contribution in [2.45, 2.75) is 48.4 Å². The van der Waals surface area contributed by atoms with E-state index in [-0.39, 0.29) is 21.1 Å². The SMILES string of the molecule is COC(=O)/C=C\C(=O)OC.C[C](C)(C)[Sn][C](C)(C)C. The fourth-order valence-electron chi connectivity index (χ4n) is 1.40. The van der Waals surface area contributed by atoms with Crippen molar-refractivity contribution < 1.29 is 19.1 Å². The summed E-state index contributed by atoms with van der Waals surface area (Å²) in [6, 6.07) is 0.